The van der Waals surface area contributed by atoms with Crippen LogP contribution in [0.3, 0.4) is 0 Å². The molecule has 1 saturated heterocycles. The predicted molar refractivity (Wildman–Crippen MR) is 114 cm³/mol. The number of carboxylic acid groups (broad SMARTS) is 1. The summed E-state index contributed by atoms with van der Waals surface area (Å²) in [6.07, 6.45) is 5.41. The smallest absolute Gasteiger partial charge is 0.352 e. The summed E-state index contributed by atoms with van der Waals surface area (Å²) in [5.74, 6) is -1.90. The maximum Gasteiger partial charge on any atom is 0.352 e. The van der Waals surface area contributed by atoms with Crippen LogP contribution in [0.4, 0.5) is 5.13 Å². The van der Waals surface area contributed by atoms with Crippen molar-refractivity contribution < 1.29 is 24.3 Å². The van der Waals surface area contributed by atoms with E-state index < -0.39 is 29.2 Å². The number of fused-ring (bicyclic) bond motifs is 1. The van der Waals surface area contributed by atoms with E-state index in [2.05, 4.69) is 15.5 Å². The van der Waals surface area contributed by atoms with Crippen LogP contribution in [-0.2, 0) is 19.2 Å². The number of nitrogen functional groups attached to an aromatic ring is 1. The molecule has 4 N–H and O–H groups in total. The molecular weight excluding hydrogens is 430 g/mol. The molecule has 2 amide bonds. The monoisotopic (exact) mass is 451 g/mol. The Balaban J connectivity index is 1.78. The van der Waals surface area contributed by atoms with Crippen molar-refractivity contribution in [1.29, 1.82) is 0 Å². The van der Waals surface area contributed by atoms with Crippen molar-refractivity contribution in [3.8, 4) is 0 Å². The first-order valence-electron chi connectivity index (χ1n) is 9.10. The van der Waals surface area contributed by atoms with E-state index in [0.717, 1.165) is 24.2 Å². The number of hydrogen-bond acceptors (Lipinski definition) is 9. The molecule has 2 aliphatic rings. The van der Waals surface area contributed by atoms with E-state index in [1.54, 1.807) is 11.5 Å². The molecule has 2 atom stereocenters. The molecule has 1 fully saturated rings. The number of unbranched alkanes of at least 4 members (excludes halogenated alkanes) is 1. The van der Waals surface area contributed by atoms with Gasteiger partial charge >= 0.3 is 5.97 Å². The highest BCUT2D eigenvalue weighted by Gasteiger charge is 2.54. The molecule has 2 aliphatic heterocycles. The summed E-state index contributed by atoms with van der Waals surface area (Å²) in [7, 11) is 1.29. The zero-order valence-electron chi connectivity index (χ0n) is 16.3. The lowest BCUT2D eigenvalue weighted by molar-refractivity contribution is -0.150. The fourth-order valence-corrected chi connectivity index (χ4v) is 4.93. The molecule has 0 spiro atoms. The molecule has 0 aromatic carbocycles. The van der Waals surface area contributed by atoms with Gasteiger partial charge in [-0.1, -0.05) is 30.7 Å². The normalized spacial score (nSPS) is 21.5. The highest BCUT2D eigenvalue weighted by Crippen LogP contribution is 2.40. The third kappa shape index (κ3) is 4.19. The van der Waals surface area contributed by atoms with Gasteiger partial charge in [0.1, 0.15) is 29.9 Å². The molecule has 30 heavy (non-hydrogen) atoms. The number of nitrogens with zero attached hydrogens (tertiary/aromatic N) is 3. The van der Waals surface area contributed by atoms with Crippen molar-refractivity contribution in [3.05, 3.63) is 34.5 Å². The largest absolute Gasteiger partial charge is 0.477 e. The Hall–Kier alpha value is -2.86. The predicted octanol–water partition coefficient (Wildman–Crippen LogP) is 1.17. The van der Waals surface area contributed by atoms with Gasteiger partial charge in [-0.2, -0.15) is 0 Å². The molecule has 1 aromatic rings. The molecule has 10 nitrogen and oxygen atoms in total. The number of β-lactam (4-membered cyclic amide) rings is 1. The molecule has 0 radical (unpaired) electrons. The number of nitrogens with one attached hydrogen (secondary N) is 1. The second-order valence-electron chi connectivity index (χ2n) is 6.42. The number of rotatable bonds is 8. The van der Waals surface area contributed by atoms with E-state index in [1.165, 1.54) is 23.8 Å². The van der Waals surface area contributed by atoms with Crippen LogP contribution in [0.1, 0.15) is 25.5 Å². The highest BCUT2D eigenvalue weighted by atomic mass is 32.2. The first kappa shape index (κ1) is 21.8. The molecule has 0 aliphatic carbocycles. The molecule has 3 heterocycles. The Morgan fingerprint density at radius 2 is 2.30 bits per heavy atom. The van der Waals surface area contributed by atoms with E-state index in [9.17, 15) is 19.5 Å². The first-order chi connectivity index (χ1) is 14.4. The molecule has 1 aromatic heterocycles. The van der Waals surface area contributed by atoms with Crippen molar-refractivity contribution in [1.82, 2.24) is 15.2 Å². The second kappa shape index (κ2) is 9.30. The molecule has 2 unspecified atom stereocenters. The van der Waals surface area contributed by atoms with Crippen molar-refractivity contribution >= 4 is 51.7 Å². The fraction of sp³-hybridized carbons (Fsp3) is 0.389. The number of carbonyl (C=O) groups excluding carboxylic acids is 2. The van der Waals surface area contributed by atoms with E-state index in [-0.39, 0.29) is 22.2 Å². The van der Waals surface area contributed by atoms with Crippen LogP contribution >= 0.6 is 23.1 Å². The molecule has 160 valence electrons. The van der Waals surface area contributed by atoms with Gasteiger partial charge in [0.2, 0.25) is 0 Å². The van der Waals surface area contributed by atoms with Crippen LogP contribution in [0, 0.1) is 0 Å². The van der Waals surface area contributed by atoms with Crippen molar-refractivity contribution in [2.24, 2.45) is 5.16 Å². The van der Waals surface area contributed by atoms with E-state index in [0.29, 0.717) is 11.3 Å². The minimum atomic E-state index is -1.17. The summed E-state index contributed by atoms with van der Waals surface area (Å²) in [4.78, 5) is 47.2. The molecule has 0 bridgehead atoms. The van der Waals surface area contributed by atoms with Gasteiger partial charge in [-0.25, -0.2) is 9.78 Å². The molecule has 0 saturated carbocycles. The highest BCUT2D eigenvalue weighted by molar-refractivity contribution is 8.00. The standard InChI is InChI=1S/C18H21N5O5S2/c1-3-4-5-6-9-7-29-16-12(15(25)23(16)13(9)17(26)27)21-14(24)11(22-28-2)10-8-30-18(19)20-10/h5-6,8,12,16H,3-4,7H2,1-2H3,(H2,19,20)(H,21,24)(H,26,27)/b6-5-,22-11-. The summed E-state index contributed by atoms with van der Waals surface area (Å²) in [6.45, 7) is 2.02. The number of carbonyl (C=O) groups is 3. The minimum absolute atomic E-state index is 0.0420. The van der Waals surface area contributed by atoms with Crippen LogP contribution in [0.25, 0.3) is 0 Å². The van der Waals surface area contributed by atoms with Gasteiger partial charge in [0.05, 0.1) is 0 Å². The maximum atomic E-state index is 12.7. The van der Waals surface area contributed by atoms with Gasteiger partial charge in [0.15, 0.2) is 10.8 Å². The number of thiazole rings is 1. The lowest BCUT2D eigenvalue weighted by Crippen LogP contribution is -2.71. The number of carboxylic acids is 1. The van der Waals surface area contributed by atoms with Crippen molar-refractivity contribution in [2.75, 3.05) is 18.6 Å². The van der Waals surface area contributed by atoms with Crippen LogP contribution in [0.2, 0.25) is 0 Å². The van der Waals surface area contributed by atoms with Gasteiger partial charge in [-0.05, 0) is 12.0 Å². The number of aliphatic carboxylic acids is 1. The quantitative estimate of drug-likeness (QED) is 0.303. The lowest BCUT2D eigenvalue weighted by Gasteiger charge is -2.49. The van der Waals surface area contributed by atoms with Gasteiger partial charge in [0, 0.05) is 11.1 Å². The van der Waals surface area contributed by atoms with E-state index in [1.807, 2.05) is 13.0 Å². The van der Waals surface area contributed by atoms with Crippen molar-refractivity contribution in [3.63, 3.8) is 0 Å². The van der Waals surface area contributed by atoms with Gasteiger partial charge in [-0.15, -0.1) is 23.1 Å². The Labute approximate surface area is 180 Å². The van der Waals surface area contributed by atoms with Crippen molar-refractivity contribution in [2.45, 2.75) is 31.2 Å². The minimum Gasteiger partial charge on any atom is -0.477 e. The maximum absolute atomic E-state index is 12.7. The first-order valence-corrected chi connectivity index (χ1v) is 11.0. The van der Waals surface area contributed by atoms with E-state index in [4.69, 9.17) is 10.6 Å². The zero-order chi connectivity index (χ0) is 21.8. The summed E-state index contributed by atoms with van der Waals surface area (Å²) in [5, 5.41) is 17.3. The van der Waals surface area contributed by atoms with Gasteiger partial charge in [0.25, 0.3) is 11.8 Å². The second-order valence-corrected chi connectivity index (χ2v) is 8.42. The number of allylic oxidation sites excluding steroid dienone is 2. The van der Waals surface area contributed by atoms with Crippen LogP contribution < -0.4 is 11.1 Å². The number of aromatic nitrogens is 1. The number of amides is 2. The molecule has 12 heteroatoms. The summed E-state index contributed by atoms with van der Waals surface area (Å²) >= 11 is 2.53. The third-order valence-corrected chi connectivity index (χ3v) is 6.40. The Kier molecular flexibility index (Phi) is 6.77. The Bertz CT molecular complexity index is 955. The van der Waals surface area contributed by atoms with E-state index >= 15 is 0 Å². The summed E-state index contributed by atoms with van der Waals surface area (Å²) < 4.78 is 0. The number of hydrogen-bond donors (Lipinski definition) is 3. The number of anilines is 1. The number of thioether (sulfide) groups is 1. The molecule has 3 rings (SSSR count). The SMILES string of the molecule is CCC/C=C\C1=C(C(=O)O)N2C(=O)C(NC(=O)/C(=N\OC)c3csc(N)n3)C2SC1. The topological polar surface area (TPSA) is 147 Å². The van der Waals surface area contributed by atoms with Crippen LogP contribution in [0.15, 0.2) is 34.0 Å². The van der Waals surface area contributed by atoms with Crippen LogP contribution in [0.5, 0.6) is 0 Å². The summed E-state index contributed by atoms with van der Waals surface area (Å²) in [6, 6.07) is -0.879. The lowest BCUT2D eigenvalue weighted by atomic mass is 10.0. The average Bonchev–Trinajstić information content (AvgIpc) is 3.15. The Morgan fingerprint density at radius 3 is 2.90 bits per heavy atom. The van der Waals surface area contributed by atoms with Gasteiger partial charge in [-0.3, -0.25) is 14.5 Å². The number of nitrogens with two attached hydrogens (primary N) is 1. The average molecular weight is 452 g/mol. The zero-order valence-corrected chi connectivity index (χ0v) is 18.0. The number of oxime groups is 1. The summed E-state index contributed by atoms with van der Waals surface area (Å²) in [5.41, 5.74) is 6.26. The fourth-order valence-electron chi connectivity index (χ4n) is 3.07. The van der Waals surface area contributed by atoms with Gasteiger partial charge < -0.3 is 21.0 Å². The van der Waals surface area contributed by atoms with Crippen LogP contribution in [-0.4, -0.2) is 62.8 Å². The molecular formula is C18H21N5O5S2. The Morgan fingerprint density at radius 1 is 1.53 bits per heavy atom. The third-order valence-electron chi connectivity index (χ3n) is 4.42.